The van der Waals surface area contributed by atoms with Crippen LogP contribution >= 0.6 is 6.83 Å². The summed E-state index contributed by atoms with van der Waals surface area (Å²) < 4.78 is 39.0. The van der Waals surface area contributed by atoms with Gasteiger partial charge in [0, 0.05) is 0 Å². The summed E-state index contributed by atoms with van der Waals surface area (Å²) in [6, 6.07) is 21.3. The standard InChI is InChI=1S/C54H91O3PS/c1-6-11-16-18-20-22-24-26-28-30-33-39-49-48-50-40-37-38-44-53(50)54(52(49)43-36-31-29-27-25-23-21-19-17-12-7-2)59(55,56)57-58(45-13-8-3,46-14-9-4,47-15-10-5)51-41-34-32-35-42-51/h32,34-35,37-38,40-42,44,48H,6-31,33,36,39,43,45-47H2,1-5H3. The van der Waals surface area contributed by atoms with Crippen molar-refractivity contribution < 1.29 is 12.4 Å². The van der Waals surface area contributed by atoms with E-state index in [1.165, 1.54) is 128 Å². The van der Waals surface area contributed by atoms with Gasteiger partial charge in [0.25, 0.3) is 0 Å². The van der Waals surface area contributed by atoms with Gasteiger partial charge in [0.15, 0.2) is 0 Å². The summed E-state index contributed by atoms with van der Waals surface area (Å²) in [5.74, 6) is 0. The quantitative estimate of drug-likeness (QED) is 0.0429. The van der Waals surface area contributed by atoms with Crippen molar-refractivity contribution in [1.82, 2.24) is 0 Å². The maximum atomic E-state index is 15.8. The number of aryl methyl sites for hydroxylation is 1. The molecule has 3 rings (SSSR count). The normalized spacial score (nSPS) is 12.9. The van der Waals surface area contributed by atoms with Crippen LogP contribution < -0.4 is 5.30 Å². The SMILES string of the molecule is CCCCCCCCCCCCCc1cc2ccccc2c(S(=O)(=O)OP(CCCC)(CCCC)(CCCC)c2ccccc2)c1CCCCCCCCCCCCC. The van der Waals surface area contributed by atoms with Gasteiger partial charge in [-0.1, -0.05) is 71.6 Å². The molecule has 0 atom stereocenters. The van der Waals surface area contributed by atoms with Gasteiger partial charge in [0.05, 0.1) is 0 Å². The van der Waals surface area contributed by atoms with E-state index < -0.39 is 16.9 Å². The van der Waals surface area contributed by atoms with E-state index in [4.69, 9.17) is 3.97 Å². The molecule has 0 heterocycles. The van der Waals surface area contributed by atoms with E-state index >= 15 is 8.42 Å². The Bertz CT molecular complexity index is 1610. The minimum Gasteiger partial charge on any atom is -0.0654 e. The van der Waals surface area contributed by atoms with Gasteiger partial charge in [-0.3, -0.25) is 0 Å². The Hall–Kier alpha value is -1.74. The Morgan fingerprint density at radius 2 is 0.831 bits per heavy atom. The van der Waals surface area contributed by atoms with E-state index in [2.05, 4.69) is 89.2 Å². The van der Waals surface area contributed by atoms with Crippen LogP contribution in [0.3, 0.4) is 0 Å². The van der Waals surface area contributed by atoms with Gasteiger partial charge in [-0.15, -0.1) is 0 Å². The first-order valence-corrected chi connectivity index (χ1v) is 29.5. The van der Waals surface area contributed by atoms with Crippen LogP contribution in [0.15, 0.2) is 65.6 Å². The summed E-state index contributed by atoms with van der Waals surface area (Å²) in [5.41, 5.74) is 2.29. The van der Waals surface area contributed by atoms with Crippen molar-refractivity contribution in [2.75, 3.05) is 18.5 Å². The third-order valence-electron chi connectivity index (χ3n) is 13.3. The van der Waals surface area contributed by atoms with Crippen LogP contribution in [0.25, 0.3) is 10.8 Å². The predicted octanol–water partition coefficient (Wildman–Crippen LogP) is 17.4. The molecule has 336 valence electrons. The zero-order valence-corrected chi connectivity index (χ0v) is 40.9. The first-order valence-electron chi connectivity index (χ1n) is 25.4. The molecule has 0 unspecified atom stereocenters. The van der Waals surface area contributed by atoms with Crippen molar-refractivity contribution in [2.45, 2.75) is 232 Å². The number of rotatable bonds is 37. The van der Waals surface area contributed by atoms with Gasteiger partial charge in [-0.05, 0) is 0 Å². The number of fused-ring (bicyclic) bond motifs is 1. The third kappa shape index (κ3) is 17.2. The van der Waals surface area contributed by atoms with E-state index in [-0.39, 0.29) is 0 Å². The molecule has 0 aliphatic rings. The molecule has 3 aromatic carbocycles. The molecule has 0 bridgehead atoms. The predicted molar refractivity (Wildman–Crippen MR) is 265 cm³/mol. The van der Waals surface area contributed by atoms with E-state index in [1.807, 2.05) is 6.07 Å². The van der Waals surface area contributed by atoms with Gasteiger partial charge in [-0.2, -0.15) is 0 Å². The van der Waals surface area contributed by atoms with Crippen molar-refractivity contribution in [3.05, 3.63) is 71.8 Å². The molecule has 0 fully saturated rings. The van der Waals surface area contributed by atoms with Crippen LogP contribution in [0.2, 0.25) is 0 Å². The van der Waals surface area contributed by atoms with Crippen LogP contribution in [0, 0.1) is 0 Å². The Balaban J connectivity index is 2.00. The molecule has 0 N–H and O–H groups in total. The van der Waals surface area contributed by atoms with Crippen LogP contribution in [0.4, 0.5) is 0 Å². The fourth-order valence-corrected chi connectivity index (χ4v) is 19.8. The minimum absolute atomic E-state index is 0.496. The van der Waals surface area contributed by atoms with Crippen molar-refractivity contribution in [1.29, 1.82) is 0 Å². The molecule has 0 amide bonds. The first-order chi connectivity index (χ1) is 28.8. The second-order valence-electron chi connectivity index (χ2n) is 18.4. The van der Waals surface area contributed by atoms with Crippen LogP contribution in [0.5, 0.6) is 0 Å². The van der Waals surface area contributed by atoms with Crippen molar-refractivity contribution >= 4 is 33.0 Å². The Morgan fingerprint density at radius 1 is 0.441 bits per heavy atom. The summed E-state index contributed by atoms with van der Waals surface area (Å²) in [7, 11) is -4.16. The molecule has 3 aromatic rings. The molecule has 0 radical (unpaired) electrons. The van der Waals surface area contributed by atoms with Crippen molar-refractivity contribution in [3.8, 4) is 0 Å². The van der Waals surface area contributed by atoms with Gasteiger partial charge in [0.1, 0.15) is 0 Å². The Kier molecular flexibility index (Phi) is 25.8. The smallest absolute Gasteiger partial charge is 0.0654 e. The Labute approximate surface area is 366 Å². The zero-order chi connectivity index (χ0) is 42.5. The van der Waals surface area contributed by atoms with Gasteiger partial charge >= 0.3 is 296 Å². The van der Waals surface area contributed by atoms with Crippen molar-refractivity contribution in [2.24, 2.45) is 0 Å². The topological polar surface area (TPSA) is 43.4 Å². The summed E-state index contributed by atoms with van der Waals surface area (Å²) in [6.45, 7) is 7.82. The van der Waals surface area contributed by atoms with E-state index in [1.54, 1.807) is 0 Å². The molecule has 0 aliphatic carbocycles. The molecule has 3 nitrogen and oxygen atoms in total. The van der Waals surface area contributed by atoms with Gasteiger partial charge in [-0.25, -0.2) is 0 Å². The maximum absolute atomic E-state index is 15.8. The average Bonchev–Trinajstić information content (AvgIpc) is 3.25. The second-order valence-corrected chi connectivity index (χ2v) is 25.4. The zero-order valence-electron chi connectivity index (χ0n) is 39.2. The fraction of sp³-hybridized carbons (Fsp3) is 0.704. The van der Waals surface area contributed by atoms with Gasteiger partial charge in [0.2, 0.25) is 0 Å². The summed E-state index contributed by atoms with van der Waals surface area (Å²) >= 11 is 0. The summed E-state index contributed by atoms with van der Waals surface area (Å²) in [5, 5.41) is 3.04. The van der Waals surface area contributed by atoms with E-state index in [0.717, 1.165) is 111 Å². The van der Waals surface area contributed by atoms with Crippen molar-refractivity contribution in [3.63, 3.8) is 0 Å². The van der Waals surface area contributed by atoms with Crippen LogP contribution in [-0.2, 0) is 26.9 Å². The molecule has 0 spiro atoms. The molecule has 0 aromatic heterocycles. The molecular weight excluding hydrogens is 760 g/mol. The van der Waals surface area contributed by atoms with E-state index in [9.17, 15) is 0 Å². The number of hydrogen-bond donors (Lipinski definition) is 0. The molecule has 0 aliphatic heterocycles. The van der Waals surface area contributed by atoms with E-state index in [0.29, 0.717) is 4.90 Å². The Morgan fingerprint density at radius 3 is 1.29 bits per heavy atom. The monoisotopic (exact) mass is 851 g/mol. The summed E-state index contributed by atoms with van der Waals surface area (Å²) in [6.07, 6.45) is 38.8. The average molecular weight is 851 g/mol. The number of unbranched alkanes of at least 4 members (excludes halogenated alkanes) is 23. The molecule has 5 heteroatoms. The molecular formula is C54H91O3PS. The van der Waals surface area contributed by atoms with Gasteiger partial charge < -0.3 is 0 Å². The second kappa shape index (κ2) is 29.5. The molecule has 0 saturated heterocycles. The van der Waals surface area contributed by atoms with Crippen LogP contribution in [-0.4, -0.2) is 26.9 Å². The van der Waals surface area contributed by atoms with Crippen LogP contribution in [0.1, 0.15) is 226 Å². The number of benzene rings is 3. The molecule has 59 heavy (non-hydrogen) atoms. The summed E-state index contributed by atoms with van der Waals surface area (Å²) in [4.78, 5) is 0.496. The third-order valence-corrected chi connectivity index (χ3v) is 22.3. The molecule has 0 saturated carbocycles. The number of hydrogen-bond acceptors (Lipinski definition) is 3. The minimum atomic E-state index is -4.16. The fourth-order valence-electron chi connectivity index (χ4n) is 9.69. The first kappa shape index (κ1) is 51.6.